The van der Waals surface area contributed by atoms with Gasteiger partial charge in [-0.25, -0.2) is 0 Å². The van der Waals surface area contributed by atoms with Crippen LogP contribution in [0.5, 0.6) is 0 Å². The summed E-state index contributed by atoms with van der Waals surface area (Å²) in [7, 11) is 1.31. The van der Waals surface area contributed by atoms with Gasteiger partial charge in [-0.1, -0.05) is 0 Å². The van der Waals surface area contributed by atoms with Crippen molar-refractivity contribution in [3.63, 3.8) is 0 Å². The molecule has 84 valence electrons. The Morgan fingerprint density at radius 1 is 1.53 bits per heavy atom. The van der Waals surface area contributed by atoms with Gasteiger partial charge >= 0.3 is 6.18 Å². The minimum absolute atomic E-state index is 0.219. The zero-order chi connectivity index (χ0) is 11.1. The van der Waals surface area contributed by atoms with Crippen LogP contribution in [0.4, 0.5) is 13.2 Å². The van der Waals surface area contributed by atoms with Gasteiger partial charge in [-0.15, -0.1) is 0 Å². The van der Waals surface area contributed by atoms with Gasteiger partial charge in [0.05, 0.1) is 6.20 Å². The fourth-order valence-corrected chi connectivity index (χ4v) is 1.52. The molecular formula is C9H12F3N3. The van der Waals surface area contributed by atoms with Crippen LogP contribution < -0.4 is 5.32 Å². The highest BCUT2D eigenvalue weighted by Gasteiger charge is 2.37. The Morgan fingerprint density at radius 2 is 2.20 bits per heavy atom. The van der Waals surface area contributed by atoms with E-state index in [2.05, 4.69) is 10.4 Å². The first-order valence-corrected chi connectivity index (χ1v) is 4.80. The topological polar surface area (TPSA) is 29.9 Å². The Labute approximate surface area is 85.3 Å². The number of halogens is 3. The molecule has 1 heterocycles. The molecule has 3 nitrogen and oxygen atoms in total. The average Bonchev–Trinajstić information content (AvgIpc) is 2.85. The van der Waals surface area contributed by atoms with Crippen molar-refractivity contribution in [3.8, 4) is 0 Å². The van der Waals surface area contributed by atoms with Crippen molar-refractivity contribution in [2.75, 3.05) is 0 Å². The van der Waals surface area contributed by atoms with Crippen LogP contribution in [0.1, 0.15) is 24.1 Å². The van der Waals surface area contributed by atoms with Gasteiger partial charge in [0.2, 0.25) is 0 Å². The van der Waals surface area contributed by atoms with Gasteiger partial charge in [0, 0.05) is 25.2 Å². The number of nitrogens with zero attached hydrogens (tertiary/aromatic N) is 2. The lowest BCUT2D eigenvalue weighted by Gasteiger charge is -2.10. The number of hydrogen-bond donors (Lipinski definition) is 1. The first-order chi connectivity index (χ1) is 6.98. The molecule has 1 aromatic rings. The standard InChI is InChI=1S/C9H12F3N3/c1-15-8(9(10,11)12)6(5-14-15)4-13-7-2-3-7/h5,7,13H,2-4H2,1H3. The van der Waals surface area contributed by atoms with Crippen molar-refractivity contribution < 1.29 is 13.2 Å². The Kier molecular flexibility index (Phi) is 2.46. The van der Waals surface area contributed by atoms with Gasteiger partial charge in [-0.3, -0.25) is 4.68 Å². The van der Waals surface area contributed by atoms with Crippen LogP contribution in [-0.2, 0) is 19.8 Å². The summed E-state index contributed by atoms with van der Waals surface area (Å²) in [6, 6.07) is 0.395. The fraction of sp³-hybridized carbons (Fsp3) is 0.667. The summed E-state index contributed by atoms with van der Waals surface area (Å²) in [5.74, 6) is 0. The molecule has 0 aromatic carbocycles. The third kappa shape index (κ3) is 2.31. The molecule has 15 heavy (non-hydrogen) atoms. The molecule has 0 radical (unpaired) electrons. The second kappa shape index (κ2) is 3.52. The number of hydrogen-bond acceptors (Lipinski definition) is 2. The first-order valence-electron chi connectivity index (χ1n) is 4.80. The monoisotopic (exact) mass is 219 g/mol. The molecule has 0 bridgehead atoms. The molecule has 1 aliphatic carbocycles. The van der Waals surface area contributed by atoms with E-state index < -0.39 is 11.9 Å². The molecule has 1 saturated carbocycles. The van der Waals surface area contributed by atoms with Crippen LogP contribution in [0.15, 0.2) is 6.20 Å². The molecule has 2 rings (SSSR count). The smallest absolute Gasteiger partial charge is 0.310 e. The van der Waals surface area contributed by atoms with Crippen LogP contribution in [0, 0.1) is 0 Å². The molecular weight excluding hydrogens is 207 g/mol. The van der Waals surface area contributed by atoms with E-state index in [0.717, 1.165) is 17.5 Å². The Hall–Kier alpha value is -1.04. The summed E-state index contributed by atoms with van der Waals surface area (Å²) in [6.07, 6.45) is -0.937. The summed E-state index contributed by atoms with van der Waals surface area (Å²) in [6.45, 7) is 0.243. The maximum absolute atomic E-state index is 12.6. The van der Waals surface area contributed by atoms with Crippen LogP contribution in [0.25, 0.3) is 0 Å². The van der Waals surface area contributed by atoms with Crippen LogP contribution in [0.3, 0.4) is 0 Å². The summed E-state index contributed by atoms with van der Waals surface area (Å²) in [5, 5.41) is 6.68. The van der Waals surface area contributed by atoms with Gasteiger partial charge in [-0.2, -0.15) is 18.3 Å². The van der Waals surface area contributed by atoms with Gasteiger partial charge in [0.1, 0.15) is 5.69 Å². The molecule has 0 unspecified atom stereocenters. The van der Waals surface area contributed by atoms with E-state index >= 15 is 0 Å². The van der Waals surface area contributed by atoms with Crippen molar-refractivity contribution in [2.45, 2.75) is 31.6 Å². The van der Waals surface area contributed by atoms with E-state index in [9.17, 15) is 13.2 Å². The van der Waals surface area contributed by atoms with Crippen molar-refractivity contribution in [3.05, 3.63) is 17.5 Å². The highest BCUT2D eigenvalue weighted by atomic mass is 19.4. The van der Waals surface area contributed by atoms with E-state index in [-0.39, 0.29) is 12.1 Å². The Balaban J connectivity index is 2.14. The quantitative estimate of drug-likeness (QED) is 0.838. The fourth-order valence-electron chi connectivity index (χ4n) is 1.52. The molecule has 0 atom stereocenters. The van der Waals surface area contributed by atoms with Crippen LogP contribution in [0.2, 0.25) is 0 Å². The van der Waals surface area contributed by atoms with E-state index in [1.54, 1.807) is 0 Å². The lowest BCUT2D eigenvalue weighted by Crippen LogP contribution is -2.20. The van der Waals surface area contributed by atoms with Crippen molar-refractivity contribution in [1.29, 1.82) is 0 Å². The van der Waals surface area contributed by atoms with Crippen LogP contribution >= 0.6 is 0 Å². The molecule has 0 saturated heterocycles. The lowest BCUT2D eigenvalue weighted by atomic mass is 10.2. The van der Waals surface area contributed by atoms with Gasteiger partial charge in [0.15, 0.2) is 0 Å². The summed E-state index contributed by atoms with van der Waals surface area (Å²) in [4.78, 5) is 0. The largest absolute Gasteiger partial charge is 0.433 e. The predicted molar refractivity (Wildman–Crippen MR) is 48.1 cm³/mol. The minimum atomic E-state index is -4.33. The molecule has 1 aliphatic rings. The van der Waals surface area contributed by atoms with E-state index in [0.29, 0.717) is 6.04 Å². The number of aryl methyl sites for hydroxylation is 1. The molecule has 1 aromatic heterocycles. The van der Waals surface area contributed by atoms with E-state index in [1.807, 2.05) is 0 Å². The highest BCUT2D eigenvalue weighted by Crippen LogP contribution is 2.31. The maximum Gasteiger partial charge on any atom is 0.433 e. The number of alkyl halides is 3. The normalized spacial score (nSPS) is 17.1. The Morgan fingerprint density at radius 3 is 2.73 bits per heavy atom. The number of nitrogens with one attached hydrogen (secondary N) is 1. The zero-order valence-corrected chi connectivity index (χ0v) is 8.30. The predicted octanol–water partition coefficient (Wildman–Crippen LogP) is 1.69. The van der Waals surface area contributed by atoms with E-state index in [1.165, 1.54) is 13.2 Å². The van der Waals surface area contributed by atoms with Crippen molar-refractivity contribution >= 4 is 0 Å². The molecule has 0 amide bonds. The number of rotatable bonds is 3. The maximum atomic E-state index is 12.6. The molecule has 1 N–H and O–H groups in total. The van der Waals surface area contributed by atoms with Gasteiger partial charge in [0.25, 0.3) is 0 Å². The summed E-state index contributed by atoms with van der Waals surface area (Å²) in [5.41, 5.74) is -0.437. The molecule has 1 fully saturated rings. The second-order valence-electron chi connectivity index (χ2n) is 3.79. The zero-order valence-electron chi connectivity index (χ0n) is 8.30. The van der Waals surface area contributed by atoms with Crippen molar-refractivity contribution in [1.82, 2.24) is 15.1 Å². The SMILES string of the molecule is Cn1ncc(CNC2CC2)c1C(F)(F)F. The Bertz CT molecular complexity index is 352. The number of aromatic nitrogens is 2. The second-order valence-corrected chi connectivity index (χ2v) is 3.79. The van der Waals surface area contributed by atoms with Crippen LogP contribution in [-0.4, -0.2) is 15.8 Å². The average molecular weight is 219 g/mol. The van der Waals surface area contributed by atoms with Gasteiger partial charge in [-0.05, 0) is 12.8 Å². The molecule has 0 aliphatic heterocycles. The van der Waals surface area contributed by atoms with Crippen molar-refractivity contribution in [2.24, 2.45) is 7.05 Å². The van der Waals surface area contributed by atoms with E-state index in [4.69, 9.17) is 0 Å². The van der Waals surface area contributed by atoms with Gasteiger partial charge < -0.3 is 5.32 Å². The molecule has 6 heteroatoms. The third-order valence-electron chi connectivity index (χ3n) is 2.44. The highest BCUT2D eigenvalue weighted by molar-refractivity contribution is 5.20. The summed E-state index contributed by atoms with van der Waals surface area (Å²) >= 11 is 0. The third-order valence-corrected chi connectivity index (χ3v) is 2.44. The summed E-state index contributed by atoms with van der Waals surface area (Å²) < 4.78 is 38.7. The molecule has 0 spiro atoms. The lowest BCUT2D eigenvalue weighted by molar-refractivity contribution is -0.144. The first kappa shape index (κ1) is 10.5. The minimum Gasteiger partial charge on any atom is -0.310 e.